The van der Waals surface area contributed by atoms with Crippen molar-refractivity contribution in [2.45, 2.75) is 37.4 Å². The van der Waals surface area contributed by atoms with Gasteiger partial charge in [-0.25, -0.2) is 18.4 Å². The molecule has 1 unspecified atom stereocenters. The highest BCUT2D eigenvalue weighted by atomic mass is 79.9. The number of aromatic nitrogens is 3. The van der Waals surface area contributed by atoms with Crippen LogP contribution in [0.3, 0.4) is 0 Å². The Morgan fingerprint density at radius 3 is 2.75 bits per heavy atom. The zero-order valence-corrected chi connectivity index (χ0v) is 15.9. The first kappa shape index (κ1) is 17.4. The van der Waals surface area contributed by atoms with E-state index < -0.39 is 10.0 Å². The molecule has 0 aliphatic carbocycles. The molecule has 0 aromatic carbocycles. The number of sulfonamides is 1. The Labute approximate surface area is 149 Å². The van der Waals surface area contributed by atoms with Crippen LogP contribution in [0.4, 0.5) is 0 Å². The van der Waals surface area contributed by atoms with Crippen molar-refractivity contribution < 1.29 is 13.2 Å². The number of rotatable bonds is 5. The number of hydrogen-bond acceptors (Lipinski definition) is 5. The van der Waals surface area contributed by atoms with Gasteiger partial charge in [0.1, 0.15) is 6.10 Å². The second-order valence-electron chi connectivity index (χ2n) is 5.96. The van der Waals surface area contributed by atoms with Crippen LogP contribution in [-0.2, 0) is 10.0 Å². The summed E-state index contributed by atoms with van der Waals surface area (Å²) in [5, 5.41) is 0.0821. The fourth-order valence-electron chi connectivity index (χ4n) is 2.48. The van der Waals surface area contributed by atoms with Crippen LogP contribution in [0, 0.1) is 0 Å². The van der Waals surface area contributed by atoms with Gasteiger partial charge in [-0.1, -0.05) is 0 Å². The molecule has 24 heavy (non-hydrogen) atoms. The summed E-state index contributed by atoms with van der Waals surface area (Å²) in [5.74, 6) is 0.492. The minimum Gasteiger partial charge on any atom is -0.473 e. The van der Waals surface area contributed by atoms with E-state index >= 15 is 0 Å². The molecular formula is C15H19BrN4O3S. The Morgan fingerprint density at radius 2 is 2.12 bits per heavy atom. The zero-order valence-electron chi connectivity index (χ0n) is 13.5. The zero-order chi connectivity index (χ0) is 17.3. The predicted octanol–water partition coefficient (Wildman–Crippen LogP) is 2.46. The summed E-state index contributed by atoms with van der Waals surface area (Å²) in [7, 11) is -3.59. The Morgan fingerprint density at radius 1 is 1.33 bits per heavy atom. The number of nitrogens with zero attached hydrogens (tertiary/aromatic N) is 4. The van der Waals surface area contributed by atoms with E-state index in [1.54, 1.807) is 29.4 Å². The summed E-state index contributed by atoms with van der Waals surface area (Å²) in [4.78, 5) is 8.20. The molecule has 1 saturated heterocycles. The highest BCUT2D eigenvalue weighted by Crippen LogP contribution is 2.23. The third-order valence-electron chi connectivity index (χ3n) is 3.87. The van der Waals surface area contributed by atoms with Gasteiger partial charge >= 0.3 is 0 Å². The lowest BCUT2D eigenvalue weighted by molar-refractivity contribution is 0.207. The van der Waals surface area contributed by atoms with Crippen LogP contribution >= 0.6 is 15.9 Å². The SMILES string of the molecule is CC(C)n1cnc(S(=O)(=O)N2CCC(Oc3ccc(Br)cn3)C2)c1. The lowest BCUT2D eigenvalue weighted by Crippen LogP contribution is -2.31. The van der Waals surface area contributed by atoms with Crippen molar-refractivity contribution >= 4 is 26.0 Å². The van der Waals surface area contributed by atoms with Gasteiger partial charge in [0.15, 0.2) is 5.03 Å². The van der Waals surface area contributed by atoms with Crippen LogP contribution in [0.2, 0.25) is 0 Å². The molecule has 1 atom stereocenters. The monoisotopic (exact) mass is 414 g/mol. The van der Waals surface area contributed by atoms with Crippen LogP contribution in [0.1, 0.15) is 26.3 Å². The van der Waals surface area contributed by atoms with E-state index in [0.717, 1.165) is 4.47 Å². The molecule has 2 aromatic rings. The van der Waals surface area contributed by atoms with Crippen molar-refractivity contribution in [3.8, 4) is 5.88 Å². The molecule has 1 aliphatic rings. The third kappa shape index (κ3) is 3.62. The van der Waals surface area contributed by atoms with Crippen molar-refractivity contribution in [3.63, 3.8) is 0 Å². The van der Waals surface area contributed by atoms with Crippen molar-refractivity contribution in [1.29, 1.82) is 0 Å². The third-order valence-corrected chi connectivity index (χ3v) is 6.09. The average Bonchev–Trinajstić information content (AvgIpc) is 3.19. The summed E-state index contributed by atoms with van der Waals surface area (Å²) >= 11 is 3.32. The smallest absolute Gasteiger partial charge is 0.262 e. The number of halogens is 1. The second-order valence-corrected chi connectivity index (χ2v) is 8.76. The van der Waals surface area contributed by atoms with E-state index in [4.69, 9.17) is 4.74 Å². The molecule has 3 rings (SSSR count). The molecule has 1 aliphatic heterocycles. The van der Waals surface area contributed by atoms with Gasteiger partial charge in [0.05, 0.1) is 12.9 Å². The summed E-state index contributed by atoms with van der Waals surface area (Å²) < 4.78 is 35.2. The molecule has 0 radical (unpaired) electrons. The van der Waals surface area contributed by atoms with Gasteiger partial charge in [-0.2, -0.15) is 4.31 Å². The molecule has 0 saturated carbocycles. The predicted molar refractivity (Wildman–Crippen MR) is 92.3 cm³/mol. The maximum absolute atomic E-state index is 12.7. The van der Waals surface area contributed by atoms with Crippen molar-refractivity contribution in [3.05, 3.63) is 35.3 Å². The van der Waals surface area contributed by atoms with Crippen molar-refractivity contribution in [2.24, 2.45) is 0 Å². The quantitative estimate of drug-likeness (QED) is 0.750. The Balaban J connectivity index is 1.68. The molecule has 7 nitrogen and oxygen atoms in total. The number of hydrogen-bond donors (Lipinski definition) is 0. The highest BCUT2D eigenvalue weighted by molar-refractivity contribution is 9.10. The van der Waals surface area contributed by atoms with Gasteiger partial charge < -0.3 is 9.30 Å². The van der Waals surface area contributed by atoms with E-state index in [0.29, 0.717) is 25.4 Å². The lowest BCUT2D eigenvalue weighted by atomic mass is 10.3. The molecule has 9 heteroatoms. The first-order chi connectivity index (χ1) is 11.4. The Hall–Kier alpha value is -1.45. The first-order valence-electron chi connectivity index (χ1n) is 7.68. The maximum atomic E-state index is 12.7. The first-order valence-corrected chi connectivity index (χ1v) is 9.91. The highest BCUT2D eigenvalue weighted by Gasteiger charge is 2.35. The van der Waals surface area contributed by atoms with E-state index in [1.807, 2.05) is 19.9 Å². The fourth-order valence-corrected chi connectivity index (χ4v) is 4.12. The maximum Gasteiger partial charge on any atom is 0.262 e. The van der Waals surface area contributed by atoms with Crippen LogP contribution in [-0.4, -0.2) is 46.5 Å². The van der Waals surface area contributed by atoms with Gasteiger partial charge in [0.2, 0.25) is 5.88 Å². The number of pyridine rings is 1. The Bertz CT molecular complexity index is 804. The van der Waals surface area contributed by atoms with Gasteiger partial charge in [0, 0.05) is 35.5 Å². The summed E-state index contributed by atoms with van der Waals surface area (Å²) in [5.41, 5.74) is 0. The molecule has 2 aromatic heterocycles. The van der Waals surface area contributed by atoms with E-state index in [-0.39, 0.29) is 17.2 Å². The molecule has 3 heterocycles. The Kier molecular flexibility index (Phi) is 4.93. The van der Waals surface area contributed by atoms with E-state index in [9.17, 15) is 8.42 Å². The molecule has 130 valence electrons. The number of imidazole rings is 1. The molecule has 0 N–H and O–H groups in total. The minimum absolute atomic E-state index is 0.0821. The summed E-state index contributed by atoms with van der Waals surface area (Å²) in [6.45, 7) is 4.67. The van der Waals surface area contributed by atoms with Crippen LogP contribution in [0.15, 0.2) is 40.4 Å². The van der Waals surface area contributed by atoms with Gasteiger partial charge in [0.25, 0.3) is 10.0 Å². The second kappa shape index (κ2) is 6.81. The normalized spacial score (nSPS) is 19.1. The fraction of sp³-hybridized carbons (Fsp3) is 0.467. The van der Waals surface area contributed by atoms with Gasteiger partial charge in [-0.3, -0.25) is 0 Å². The molecule has 0 spiro atoms. The van der Waals surface area contributed by atoms with E-state index in [1.165, 1.54) is 4.31 Å². The number of ether oxygens (including phenoxy) is 1. The van der Waals surface area contributed by atoms with Gasteiger partial charge in [-0.15, -0.1) is 0 Å². The van der Waals surface area contributed by atoms with Crippen molar-refractivity contribution in [2.75, 3.05) is 13.1 Å². The molecule has 0 bridgehead atoms. The van der Waals surface area contributed by atoms with Crippen LogP contribution in [0.25, 0.3) is 0 Å². The van der Waals surface area contributed by atoms with E-state index in [2.05, 4.69) is 25.9 Å². The largest absolute Gasteiger partial charge is 0.473 e. The van der Waals surface area contributed by atoms with Crippen LogP contribution < -0.4 is 4.74 Å². The molecule has 1 fully saturated rings. The summed E-state index contributed by atoms with van der Waals surface area (Å²) in [6.07, 6.45) is 5.19. The van der Waals surface area contributed by atoms with Crippen LogP contribution in [0.5, 0.6) is 5.88 Å². The summed E-state index contributed by atoms with van der Waals surface area (Å²) in [6, 6.07) is 3.76. The topological polar surface area (TPSA) is 77.3 Å². The molecular weight excluding hydrogens is 396 g/mol. The van der Waals surface area contributed by atoms with Crippen molar-refractivity contribution in [1.82, 2.24) is 18.8 Å². The standard InChI is InChI=1S/C15H19BrN4O3S/c1-11(2)19-9-15(18-10-19)24(21,22)20-6-5-13(8-20)23-14-4-3-12(16)7-17-14/h3-4,7,9-11,13H,5-6,8H2,1-2H3. The molecule has 0 amide bonds. The minimum atomic E-state index is -3.59. The lowest BCUT2D eigenvalue weighted by Gasteiger charge is -2.15. The van der Waals surface area contributed by atoms with Gasteiger partial charge in [-0.05, 0) is 42.3 Å². The average molecular weight is 415 g/mol.